The van der Waals surface area contributed by atoms with E-state index < -0.39 is 5.82 Å². The molecule has 0 bridgehead atoms. The van der Waals surface area contributed by atoms with Crippen molar-refractivity contribution in [2.75, 3.05) is 12.8 Å². The third kappa shape index (κ3) is 1.99. The van der Waals surface area contributed by atoms with E-state index >= 15 is 0 Å². The third-order valence-corrected chi connectivity index (χ3v) is 2.94. The third-order valence-electron chi connectivity index (χ3n) is 2.94. The van der Waals surface area contributed by atoms with Crippen LogP contribution in [-0.4, -0.2) is 17.1 Å². The smallest absolute Gasteiger partial charge is 0.141 e. The topological polar surface area (TPSA) is 63.9 Å². The maximum Gasteiger partial charge on any atom is 0.141 e. The number of methoxy groups -OCH3 is 1. The van der Waals surface area contributed by atoms with Gasteiger partial charge in [-0.2, -0.15) is 0 Å². The zero-order chi connectivity index (χ0) is 13.4. The number of fused-ring (bicyclic) bond motifs is 1. The van der Waals surface area contributed by atoms with Crippen LogP contribution >= 0.6 is 0 Å². The molecule has 0 spiro atoms. The number of hydrogen-bond acceptors (Lipinski definition) is 3. The molecule has 3 aromatic rings. The summed E-state index contributed by atoms with van der Waals surface area (Å²) < 4.78 is 19.0. The molecule has 0 amide bonds. The Labute approximate surface area is 109 Å². The summed E-state index contributed by atoms with van der Waals surface area (Å²) in [5, 5.41) is 0. The van der Waals surface area contributed by atoms with Crippen molar-refractivity contribution < 1.29 is 9.13 Å². The molecule has 2 aromatic carbocycles. The average molecular weight is 257 g/mol. The fraction of sp³-hybridized carbons (Fsp3) is 0.0714. The highest BCUT2D eigenvalue weighted by molar-refractivity contribution is 5.81. The lowest BCUT2D eigenvalue weighted by Gasteiger charge is -2.00. The molecular formula is C14H12FN3O. The number of aromatic amines is 1. The first-order valence-corrected chi connectivity index (χ1v) is 5.76. The van der Waals surface area contributed by atoms with Crippen molar-refractivity contribution in [1.82, 2.24) is 9.97 Å². The molecule has 3 N–H and O–H groups in total. The predicted octanol–water partition coefficient (Wildman–Crippen LogP) is 2.96. The van der Waals surface area contributed by atoms with E-state index in [-0.39, 0.29) is 0 Å². The molecule has 0 saturated carbocycles. The van der Waals surface area contributed by atoms with Crippen LogP contribution in [0.5, 0.6) is 5.75 Å². The molecule has 1 heterocycles. The zero-order valence-corrected chi connectivity index (χ0v) is 10.3. The first-order chi connectivity index (χ1) is 9.17. The number of rotatable bonds is 2. The number of anilines is 1. The second-order valence-corrected chi connectivity index (χ2v) is 4.21. The van der Waals surface area contributed by atoms with Crippen LogP contribution in [0.15, 0.2) is 36.4 Å². The van der Waals surface area contributed by atoms with Gasteiger partial charge < -0.3 is 15.5 Å². The van der Waals surface area contributed by atoms with E-state index in [2.05, 4.69) is 9.97 Å². The maximum atomic E-state index is 13.8. The van der Waals surface area contributed by atoms with Gasteiger partial charge in [0.1, 0.15) is 17.4 Å². The Kier molecular flexibility index (Phi) is 2.59. The van der Waals surface area contributed by atoms with Crippen molar-refractivity contribution in [2.24, 2.45) is 0 Å². The van der Waals surface area contributed by atoms with Gasteiger partial charge in [-0.05, 0) is 30.3 Å². The van der Waals surface area contributed by atoms with Gasteiger partial charge in [-0.3, -0.25) is 0 Å². The van der Waals surface area contributed by atoms with Crippen LogP contribution in [0, 0.1) is 5.82 Å². The molecule has 0 fully saturated rings. The van der Waals surface area contributed by atoms with Gasteiger partial charge in [-0.1, -0.05) is 0 Å². The zero-order valence-electron chi connectivity index (χ0n) is 10.3. The number of hydrogen-bond donors (Lipinski definition) is 2. The summed E-state index contributed by atoms with van der Waals surface area (Å²) in [5.74, 6) is 0.798. The van der Waals surface area contributed by atoms with Gasteiger partial charge in [-0.15, -0.1) is 0 Å². The number of nitrogens with two attached hydrogens (primary N) is 1. The molecule has 1 aromatic heterocycles. The highest BCUT2D eigenvalue weighted by atomic mass is 19.1. The molecule has 0 saturated heterocycles. The molecule has 4 nitrogen and oxygen atoms in total. The van der Waals surface area contributed by atoms with Crippen LogP contribution in [0.25, 0.3) is 22.4 Å². The highest BCUT2D eigenvalue weighted by Gasteiger charge is 2.10. The normalized spacial score (nSPS) is 10.8. The lowest BCUT2D eigenvalue weighted by atomic mass is 10.2. The molecule has 19 heavy (non-hydrogen) atoms. The van der Waals surface area contributed by atoms with Crippen LogP contribution in [-0.2, 0) is 0 Å². The summed E-state index contributed by atoms with van der Waals surface area (Å²) in [6, 6.07) is 9.99. The van der Waals surface area contributed by atoms with E-state index in [0.717, 1.165) is 16.8 Å². The SMILES string of the molecule is COc1ccc2nc(-c3ccc(N)cc3F)[nH]c2c1. The number of nitrogens with one attached hydrogen (secondary N) is 1. The highest BCUT2D eigenvalue weighted by Crippen LogP contribution is 2.26. The first-order valence-electron chi connectivity index (χ1n) is 5.76. The number of imidazole rings is 1. The molecule has 3 rings (SSSR count). The molecule has 0 unspecified atom stereocenters. The average Bonchev–Trinajstić information content (AvgIpc) is 2.80. The van der Waals surface area contributed by atoms with Crippen molar-refractivity contribution in [2.45, 2.75) is 0 Å². The van der Waals surface area contributed by atoms with Gasteiger partial charge in [-0.25, -0.2) is 9.37 Å². The summed E-state index contributed by atoms with van der Waals surface area (Å²) in [6.45, 7) is 0. The van der Waals surface area contributed by atoms with Gasteiger partial charge in [0.2, 0.25) is 0 Å². The second-order valence-electron chi connectivity index (χ2n) is 4.21. The van der Waals surface area contributed by atoms with E-state index in [4.69, 9.17) is 10.5 Å². The van der Waals surface area contributed by atoms with Gasteiger partial charge in [0.25, 0.3) is 0 Å². The Bertz CT molecular complexity index is 752. The minimum Gasteiger partial charge on any atom is -0.497 e. The molecule has 0 aliphatic heterocycles. The maximum absolute atomic E-state index is 13.8. The fourth-order valence-electron chi connectivity index (χ4n) is 1.97. The van der Waals surface area contributed by atoms with E-state index in [1.54, 1.807) is 19.2 Å². The molecule has 0 radical (unpaired) electrons. The number of H-pyrrole nitrogens is 1. The second kappa shape index (κ2) is 4.28. The number of nitrogen functional groups attached to an aromatic ring is 1. The standard InChI is InChI=1S/C14H12FN3O/c1-19-9-3-5-12-13(7-9)18-14(17-12)10-4-2-8(16)6-11(10)15/h2-7H,16H2,1H3,(H,17,18). The Morgan fingerprint density at radius 1 is 1.21 bits per heavy atom. The van der Waals surface area contributed by atoms with Crippen LogP contribution < -0.4 is 10.5 Å². The number of aromatic nitrogens is 2. The summed E-state index contributed by atoms with van der Waals surface area (Å²) in [6.07, 6.45) is 0. The monoisotopic (exact) mass is 257 g/mol. The van der Waals surface area contributed by atoms with Gasteiger partial charge in [0.15, 0.2) is 0 Å². The largest absolute Gasteiger partial charge is 0.497 e. The summed E-state index contributed by atoms with van der Waals surface area (Å²) >= 11 is 0. The minimum absolute atomic E-state index is 0.388. The van der Waals surface area contributed by atoms with Gasteiger partial charge in [0.05, 0.1) is 23.7 Å². The Morgan fingerprint density at radius 3 is 2.79 bits per heavy atom. The first kappa shape index (κ1) is 11.5. The van der Waals surface area contributed by atoms with Gasteiger partial charge in [0, 0.05) is 11.8 Å². The summed E-state index contributed by atoms with van der Waals surface area (Å²) in [4.78, 5) is 7.43. The fourth-order valence-corrected chi connectivity index (χ4v) is 1.97. The van der Waals surface area contributed by atoms with Crippen molar-refractivity contribution >= 4 is 16.7 Å². The van der Waals surface area contributed by atoms with E-state index in [1.807, 2.05) is 18.2 Å². The quantitative estimate of drug-likeness (QED) is 0.694. The van der Waals surface area contributed by atoms with Crippen LogP contribution in [0.2, 0.25) is 0 Å². The number of halogens is 1. The number of nitrogens with zero attached hydrogens (tertiary/aromatic N) is 1. The van der Waals surface area contributed by atoms with E-state index in [9.17, 15) is 4.39 Å². The van der Waals surface area contributed by atoms with E-state index in [1.165, 1.54) is 6.07 Å². The van der Waals surface area contributed by atoms with Crippen LogP contribution in [0.4, 0.5) is 10.1 Å². The van der Waals surface area contributed by atoms with Crippen molar-refractivity contribution in [3.63, 3.8) is 0 Å². The number of ether oxygens (including phenoxy) is 1. The van der Waals surface area contributed by atoms with Crippen molar-refractivity contribution in [3.05, 3.63) is 42.2 Å². The van der Waals surface area contributed by atoms with Crippen molar-refractivity contribution in [1.29, 1.82) is 0 Å². The Hall–Kier alpha value is -2.56. The minimum atomic E-state index is -0.397. The lowest BCUT2D eigenvalue weighted by molar-refractivity contribution is 0.415. The Balaban J connectivity index is 2.14. The Morgan fingerprint density at radius 2 is 2.05 bits per heavy atom. The summed E-state index contributed by atoms with van der Waals surface area (Å²) in [5.41, 5.74) is 7.87. The van der Waals surface area contributed by atoms with Crippen LogP contribution in [0.3, 0.4) is 0 Å². The molecule has 0 aliphatic carbocycles. The van der Waals surface area contributed by atoms with Gasteiger partial charge >= 0.3 is 0 Å². The number of benzene rings is 2. The lowest BCUT2D eigenvalue weighted by Crippen LogP contribution is -1.90. The predicted molar refractivity (Wildman–Crippen MR) is 72.5 cm³/mol. The van der Waals surface area contributed by atoms with Crippen LogP contribution in [0.1, 0.15) is 0 Å². The van der Waals surface area contributed by atoms with E-state index in [0.29, 0.717) is 17.1 Å². The summed E-state index contributed by atoms with van der Waals surface area (Å²) in [7, 11) is 1.60. The molecule has 0 atom stereocenters. The molecule has 5 heteroatoms. The molecular weight excluding hydrogens is 245 g/mol. The van der Waals surface area contributed by atoms with Crippen molar-refractivity contribution in [3.8, 4) is 17.1 Å². The molecule has 96 valence electrons. The molecule has 0 aliphatic rings.